The molecule has 0 atom stereocenters. The summed E-state index contributed by atoms with van der Waals surface area (Å²) in [7, 11) is 0. The largest absolute Gasteiger partial charge is 0.354 e. The van der Waals surface area contributed by atoms with E-state index in [-0.39, 0.29) is 83.3 Å². The molecule has 0 unspecified atom stereocenters. The SMILES string of the molecule is Fc1c(F)c(C2=C3C=CC(=N3)C(c3c(F)c(F)c(Sc4ccncc4)c(F)c3F)=c3ccc([nH]3)=C(c3c(F)c(F)c(Sc4ccncc4)c(F)c3F)c3ccc4c(-c5c(F)c(F)c(Sc6ccncc6)c(F)c5F)c5[nH]c(cc5n34)=C(c3c(F)c(F)c(Sc4ccncc4)c(F)c3F)c3ccc2[nH]3)c(F)c(F)c1Sc1ccncc1. The maximum atomic E-state index is 18.1. The fourth-order valence-corrected chi connectivity index (χ4v) is 17.5. The van der Waals surface area contributed by atoms with E-state index in [1.807, 2.05) is 0 Å². The zero-order chi connectivity index (χ0) is 80.4. The first-order chi connectivity index (χ1) is 55.4. The van der Waals surface area contributed by atoms with E-state index in [0.29, 0.717) is 0 Å². The van der Waals surface area contributed by atoms with Gasteiger partial charge in [-0.3, -0.25) is 24.9 Å². The summed E-state index contributed by atoms with van der Waals surface area (Å²) < 4.78 is 351. The van der Waals surface area contributed by atoms with Crippen LogP contribution < -0.4 is 16.0 Å². The maximum absolute atomic E-state index is 18.1. The second kappa shape index (κ2) is 29.7. The van der Waals surface area contributed by atoms with Crippen molar-refractivity contribution < 1.29 is 87.8 Å². The summed E-state index contributed by atoms with van der Waals surface area (Å²) in [4.78, 5) is 24.5. The molecule has 10 aromatic heterocycles. The predicted molar refractivity (Wildman–Crippen MR) is 386 cm³/mol. The van der Waals surface area contributed by atoms with Gasteiger partial charge in [0.15, 0.2) is 116 Å². The van der Waals surface area contributed by atoms with Gasteiger partial charge < -0.3 is 19.4 Å². The maximum Gasteiger partial charge on any atom is 0.176 e. The Labute approximate surface area is 651 Å². The molecule has 2 aliphatic heterocycles. The Bertz CT molecular complexity index is 6800. The van der Waals surface area contributed by atoms with Crippen LogP contribution in [0.3, 0.4) is 0 Å². The Hall–Kier alpha value is -12.1. The van der Waals surface area contributed by atoms with Crippen molar-refractivity contribution >= 4 is 103 Å². The Morgan fingerprint density at radius 1 is 0.252 bits per heavy atom. The quantitative estimate of drug-likeness (QED) is 0.0674. The number of hydrogen-bond donors (Lipinski definition) is 3. The van der Waals surface area contributed by atoms with E-state index in [0.717, 1.165) is 109 Å². The zero-order valence-electron chi connectivity index (χ0n) is 56.5. The average molecular weight is 1670 g/mol. The van der Waals surface area contributed by atoms with Crippen LogP contribution in [0.2, 0.25) is 0 Å². The molecule has 0 spiro atoms. The van der Waals surface area contributed by atoms with E-state index < -0.39 is 258 Å². The molecule has 5 aromatic carbocycles. The first-order valence-electron chi connectivity index (χ1n) is 33.0. The van der Waals surface area contributed by atoms with Gasteiger partial charge in [-0.25, -0.2) is 92.8 Å². The zero-order valence-corrected chi connectivity index (χ0v) is 60.6. The average Bonchev–Trinajstić information content (AvgIpc) is 1.54. The lowest BCUT2D eigenvalue weighted by molar-refractivity contribution is 0.422. The second-order valence-electron chi connectivity index (χ2n) is 24.8. The highest BCUT2D eigenvalue weighted by Gasteiger charge is 2.40. The standard InChI is InChI=1S/C80H32F20N10S5/c81-55-50(56(82)66(92)76(65(55)91)111-30-9-19-101-20-10-30)45-35-1-2-36(106-35)46(51-57(83)67(93)77(68(94)58(51)84)112-31-11-21-102-22-12-31)38-5-6-40(108-38)48(53-61(87)71(97)79(72(98)62(53)88)114-33-15-25-104-26-16-33)42-7-8-43-49(54-63(89)73(99)80(74(100)64(54)90)115-34-17-27-105-28-18-34)75-44(110(42)43)29-41(109-75)47(39-4-3-37(45)107-39)52-59(85)69(95)78(70(96)60(52)86)113-32-13-23-103-24-14-32/h1-29,107-109H. The summed E-state index contributed by atoms with van der Waals surface area (Å²) in [6.45, 7) is 0. The van der Waals surface area contributed by atoms with Crippen LogP contribution in [0.1, 0.15) is 39.3 Å². The third-order valence-corrected chi connectivity index (χ3v) is 23.6. The lowest BCUT2D eigenvalue weighted by Crippen LogP contribution is -2.23. The predicted octanol–water partition coefficient (Wildman–Crippen LogP) is 20.5. The van der Waals surface area contributed by atoms with Gasteiger partial charge in [0.1, 0.15) is 0 Å². The van der Waals surface area contributed by atoms with Crippen molar-refractivity contribution in [3.05, 3.63) is 355 Å². The Balaban J connectivity index is 1.06. The summed E-state index contributed by atoms with van der Waals surface area (Å²) in [5.74, 6) is -43.7. The minimum atomic E-state index is -2.28. The van der Waals surface area contributed by atoms with Crippen molar-refractivity contribution in [2.24, 2.45) is 4.99 Å². The van der Waals surface area contributed by atoms with E-state index in [1.165, 1.54) is 73.1 Å². The number of allylic oxidation sites excluding steroid dienone is 2. The molecule has 0 aliphatic carbocycles. The number of nitrogens with zero attached hydrogens (tertiary/aromatic N) is 7. The molecule has 0 fully saturated rings. The minimum Gasteiger partial charge on any atom is -0.354 e. The van der Waals surface area contributed by atoms with Crippen LogP contribution in [0.5, 0.6) is 0 Å². The number of H-pyrrole nitrogens is 3. The van der Waals surface area contributed by atoms with Crippen LogP contribution in [-0.4, -0.2) is 50.0 Å². The van der Waals surface area contributed by atoms with Crippen molar-refractivity contribution in [3.63, 3.8) is 0 Å². The molecule has 0 radical (unpaired) electrons. The van der Waals surface area contributed by atoms with E-state index in [4.69, 9.17) is 0 Å². The Kier molecular flexibility index (Phi) is 19.5. The van der Waals surface area contributed by atoms with Crippen LogP contribution >= 0.6 is 58.8 Å². The summed E-state index contributed by atoms with van der Waals surface area (Å²) in [5.41, 5.74) is -21.1. The summed E-state index contributed by atoms with van der Waals surface area (Å²) in [5, 5.41) is -2.65. The fourth-order valence-electron chi connectivity index (χ4n) is 13.3. The van der Waals surface area contributed by atoms with Gasteiger partial charge in [0.25, 0.3) is 0 Å². The number of fused-ring (bicyclic) bond motifs is 6. The summed E-state index contributed by atoms with van der Waals surface area (Å²) in [6, 6.07) is 17.6. The molecule has 12 heterocycles. The molecule has 35 heteroatoms. The molecule has 8 bridgehead atoms. The third kappa shape index (κ3) is 12.6. The van der Waals surface area contributed by atoms with E-state index in [9.17, 15) is 0 Å². The molecule has 115 heavy (non-hydrogen) atoms. The van der Waals surface area contributed by atoms with Gasteiger partial charge in [0, 0.05) is 136 Å². The number of aromatic amines is 3. The summed E-state index contributed by atoms with van der Waals surface area (Å²) >= 11 is 0.784. The second-order valence-corrected chi connectivity index (χ2v) is 30.2. The van der Waals surface area contributed by atoms with Gasteiger partial charge in [-0.05, 0) is 115 Å². The number of benzene rings is 5. The van der Waals surface area contributed by atoms with Gasteiger partial charge in [0.2, 0.25) is 0 Å². The number of hydrogen-bond acceptors (Lipinski definition) is 11. The van der Waals surface area contributed by atoms with E-state index >= 15 is 87.8 Å². The van der Waals surface area contributed by atoms with Crippen molar-refractivity contribution in [2.45, 2.75) is 49.0 Å². The molecule has 17 rings (SSSR count). The van der Waals surface area contributed by atoms with Gasteiger partial charge in [-0.2, -0.15) is 0 Å². The molecule has 572 valence electrons. The minimum absolute atomic E-state index is 0.0236. The molecule has 0 amide bonds. The highest BCUT2D eigenvalue weighted by atomic mass is 32.2. The van der Waals surface area contributed by atoms with Crippen LogP contribution in [0.25, 0.3) is 50.0 Å². The number of nitrogens with one attached hydrogen (secondary N) is 3. The molecule has 10 nitrogen and oxygen atoms in total. The van der Waals surface area contributed by atoms with E-state index in [2.05, 4.69) is 44.9 Å². The summed E-state index contributed by atoms with van der Waals surface area (Å²) in [6.07, 6.45) is 13.1. The highest BCUT2D eigenvalue weighted by molar-refractivity contribution is 8.00. The number of rotatable bonds is 15. The molecular formula is C80H32F20N10S5. The number of aromatic nitrogens is 9. The van der Waals surface area contributed by atoms with Crippen molar-refractivity contribution in [2.75, 3.05) is 0 Å². The lowest BCUT2D eigenvalue weighted by Gasteiger charge is -2.16. The van der Waals surface area contributed by atoms with Crippen LogP contribution in [-0.2, 0) is 0 Å². The molecule has 3 N–H and O–H groups in total. The molecule has 15 aromatic rings. The number of halogens is 20. The molecule has 2 aliphatic rings. The van der Waals surface area contributed by atoms with Gasteiger partial charge in [-0.1, -0.05) is 58.8 Å². The van der Waals surface area contributed by atoms with Gasteiger partial charge >= 0.3 is 0 Å². The smallest absolute Gasteiger partial charge is 0.176 e. The first kappa shape index (κ1) is 75.6. The van der Waals surface area contributed by atoms with Gasteiger partial charge in [-0.15, -0.1) is 0 Å². The fraction of sp³-hybridized carbons (Fsp3) is 0. The normalized spacial score (nSPS) is 13.0. The third-order valence-electron chi connectivity index (χ3n) is 18.3. The van der Waals surface area contributed by atoms with Gasteiger partial charge in [0.05, 0.1) is 91.3 Å². The molecule has 0 saturated carbocycles. The van der Waals surface area contributed by atoms with Crippen LogP contribution in [0.4, 0.5) is 87.8 Å². The molecular weight excluding hydrogens is 1640 g/mol. The Morgan fingerprint density at radius 2 is 0.565 bits per heavy atom. The number of aliphatic imine (C=N–C) groups is 1. The Morgan fingerprint density at radius 3 is 0.930 bits per heavy atom. The topological polar surface area (TPSA) is 129 Å². The molecule has 0 saturated heterocycles. The van der Waals surface area contributed by atoms with Crippen LogP contribution in [0.15, 0.2) is 237 Å². The highest BCUT2D eigenvalue weighted by Crippen LogP contribution is 2.49. The van der Waals surface area contributed by atoms with E-state index in [1.54, 1.807) is 0 Å². The van der Waals surface area contributed by atoms with Crippen molar-refractivity contribution in [1.82, 2.24) is 44.3 Å². The van der Waals surface area contributed by atoms with Crippen LogP contribution in [0, 0.1) is 116 Å². The van der Waals surface area contributed by atoms with Crippen molar-refractivity contribution in [3.8, 4) is 11.1 Å². The first-order valence-corrected chi connectivity index (χ1v) is 37.0. The lowest BCUT2D eigenvalue weighted by atomic mass is 9.98. The monoisotopic (exact) mass is 1670 g/mol. The number of pyridine rings is 5. The van der Waals surface area contributed by atoms with Crippen molar-refractivity contribution in [1.29, 1.82) is 0 Å².